The number of phenolic OH excluding ortho intramolecular Hbond substituents is 1. The van der Waals surface area contributed by atoms with Crippen LogP contribution in [0.2, 0.25) is 5.02 Å². The Bertz CT molecular complexity index is 1920. The Kier molecular flexibility index (Phi) is 10.5. The summed E-state index contributed by atoms with van der Waals surface area (Å²) in [5.41, 5.74) is 2.86. The molecule has 8 nitrogen and oxygen atoms in total. The first-order valence-electron chi connectivity index (χ1n) is 21.7. The van der Waals surface area contributed by atoms with E-state index in [9.17, 15) is 10.2 Å². The van der Waals surface area contributed by atoms with E-state index >= 15 is 0 Å². The second-order valence-electron chi connectivity index (χ2n) is 19.5. The van der Waals surface area contributed by atoms with Crippen LogP contribution in [0.4, 0.5) is 5.69 Å². The summed E-state index contributed by atoms with van der Waals surface area (Å²) in [6.45, 7) is 20.9. The first-order chi connectivity index (χ1) is 26.7. The number of hydrogen-bond donors (Lipinski definition) is 3. The second-order valence-corrected chi connectivity index (χ2v) is 20.0. The van der Waals surface area contributed by atoms with Gasteiger partial charge in [0.2, 0.25) is 0 Å². The van der Waals surface area contributed by atoms with Crippen molar-refractivity contribution in [2.45, 2.75) is 141 Å². The Hall–Kier alpha value is -2.62. The lowest BCUT2D eigenvalue weighted by atomic mass is 9.33. The first kappa shape index (κ1) is 40.2. The van der Waals surface area contributed by atoms with E-state index in [0.29, 0.717) is 17.8 Å². The molecule has 10 rings (SSSR count). The average Bonchev–Trinajstić information content (AvgIpc) is 3.91. The smallest absolute Gasteiger partial charge is 0.165 e. The lowest BCUT2D eigenvalue weighted by Gasteiger charge is -2.75. The number of hydrogen-bond acceptors (Lipinski definition) is 8. The summed E-state index contributed by atoms with van der Waals surface area (Å²) in [5.74, 6) is 1.80. The highest BCUT2D eigenvalue weighted by molar-refractivity contribution is 6.31. The van der Waals surface area contributed by atoms with Crippen molar-refractivity contribution >= 4 is 28.2 Å². The number of methoxy groups -OCH3 is 1. The minimum Gasteiger partial charge on any atom is -0.504 e. The van der Waals surface area contributed by atoms with Gasteiger partial charge >= 0.3 is 0 Å². The predicted octanol–water partition coefficient (Wildman–Crippen LogP) is 9.22. The molecule has 3 heterocycles. The topological polar surface area (TPSA) is 90.3 Å². The number of rotatable bonds is 12. The van der Waals surface area contributed by atoms with Crippen molar-refractivity contribution < 1.29 is 19.7 Å². The van der Waals surface area contributed by atoms with Gasteiger partial charge < -0.3 is 29.9 Å². The van der Waals surface area contributed by atoms with Gasteiger partial charge in [0.15, 0.2) is 11.5 Å². The molecule has 2 spiro atoms. The van der Waals surface area contributed by atoms with Crippen LogP contribution in [0.5, 0.6) is 11.5 Å². The molecule has 4 saturated carbocycles. The number of aliphatic hydroxyl groups is 1. The number of anilines is 1. The van der Waals surface area contributed by atoms with Crippen LogP contribution in [0.1, 0.15) is 111 Å². The molecule has 5 aliphatic carbocycles. The van der Waals surface area contributed by atoms with Crippen LogP contribution in [0, 0.1) is 22.7 Å². The molecule has 3 N–H and O–H groups in total. The number of benzene rings is 2. The summed E-state index contributed by atoms with van der Waals surface area (Å²) < 4.78 is 13.5. The third-order valence-corrected chi connectivity index (χ3v) is 16.2. The van der Waals surface area contributed by atoms with Crippen molar-refractivity contribution in [3.63, 3.8) is 0 Å². The van der Waals surface area contributed by atoms with Crippen LogP contribution in [0.15, 0.2) is 42.6 Å². The molecule has 7 aliphatic rings. The van der Waals surface area contributed by atoms with Gasteiger partial charge in [-0.3, -0.25) is 9.88 Å². The Morgan fingerprint density at radius 1 is 1.09 bits per heavy atom. The number of fused-ring (bicyclic) bond motifs is 3. The Labute approximate surface area is 340 Å². The minimum absolute atomic E-state index is 0.0294. The fraction of sp³-hybridized carbons (Fsp3) is 0.681. The normalized spacial score (nSPS) is 31.7. The first-order valence-corrected chi connectivity index (χ1v) is 22.1. The summed E-state index contributed by atoms with van der Waals surface area (Å²) >= 11 is 6.04. The van der Waals surface area contributed by atoms with Crippen LogP contribution < -0.4 is 10.1 Å². The molecular formula is C47H67ClN4O4. The molecule has 0 amide bonds. The van der Waals surface area contributed by atoms with Crippen LogP contribution >= 0.6 is 11.6 Å². The molecule has 8 atom stereocenters. The summed E-state index contributed by atoms with van der Waals surface area (Å²) in [5, 5.41) is 28.6. The van der Waals surface area contributed by atoms with Crippen molar-refractivity contribution in [1.82, 2.24) is 14.8 Å². The van der Waals surface area contributed by atoms with Gasteiger partial charge in [0.25, 0.3) is 0 Å². The highest BCUT2D eigenvalue weighted by Crippen LogP contribution is 2.78. The minimum atomic E-state index is -0.909. The monoisotopic (exact) mass is 786 g/mol. The van der Waals surface area contributed by atoms with Gasteiger partial charge in [-0.1, -0.05) is 52.3 Å². The molecular weight excluding hydrogens is 720 g/mol. The van der Waals surface area contributed by atoms with E-state index in [1.807, 2.05) is 50.6 Å². The van der Waals surface area contributed by atoms with E-state index in [0.717, 1.165) is 85.7 Å². The van der Waals surface area contributed by atoms with Crippen LogP contribution in [-0.4, -0.2) is 94.2 Å². The zero-order valence-corrected chi connectivity index (χ0v) is 36.0. The molecule has 56 heavy (non-hydrogen) atoms. The number of nitrogens with zero attached hydrogens (tertiary/aromatic N) is 3. The van der Waals surface area contributed by atoms with E-state index in [1.54, 1.807) is 0 Å². The van der Waals surface area contributed by atoms with Crippen molar-refractivity contribution in [2.24, 2.45) is 22.7 Å². The van der Waals surface area contributed by atoms with E-state index in [4.69, 9.17) is 21.1 Å². The summed E-state index contributed by atoms with van der Waals surface area (Å²) in [4.78, 5) is 9.68. The number of nitrogens with one attached hydrogen (secondary N) is 1. The SMILES string of the molecule is CCN(CC)CCCC(C)Nc1ccnc2cc(Cl)ccc12.CO[C@@]12CC[C@@]3(C[C@@H]1[C@](C)(O)C(C)(C)C)[C@H]1Cc4ccc(O)c5c4[C@@]3(CCN1CC1CC1)[C@H]2O5. The van der Waals surface area contributed by atoms with Crippen molar-refractivity contribution in [3.05, 3.63) is 58.7 Å². The zero-order chi connectivity index (χ0) is 39.8. The fourth-order valence-corrected chi connectivity index (χ4v) is 12.5. The number of aromatic nitrogens is 1. The third kappa shape index (κ3) is 6.17. The maximum Gasteiger partial charge on any atom is 0.165 e. The van der Waals surface area contributed by atoms with Crippen LogP contribution in [0.3, 0.4) is 0 Å². The highest BCUT2D eigenvalue weighted by atomic mass is 35.5. The van der Waals surface area contributed by atoms with Crippen molar-refractivity contribution in [3.8, 4) is 11.5 Å². The number of halogens is 1. The largest absolute Gasteiger partial charge is 0.504 e. The predicted molar refractivity (Wildman–Crippen MR) is 227 cm³/mol. The van der Waals surface area contributed by atoms with E-state index in [1.165, 1.54) is 43.5 Å². The van der Waals surface area contributed by atoms with Crippen molar-refractivity contribution in [2.75, 3.05) is 45.2 Å². The number of piperidine rings is 1. The summed E-state index contributed by atoms with van der Waals surface area (Å²) in [6, 6.07) is 12.8. The zero-order valence-electron chi connectivity index (χ0n) is 35.3. The lowest BCUT2D eigenvalue weighted by Crippen LogP contribution is -2.83. The number of phenols is 1. The molecule has 9 heteroatoms. The molecule has 0 radical (unpaired) electrons. The molecule has 1 aromatic heterocycles. The number of aromatic hydroxyl groups is 1. The summed E-state index contributed by atoms with van der Waals surface area (Å²) in [7, 11) is 1.83. The number of likely N-dealkylation sites (tertiary alicyclic amines) is 1. The Morgan fingerprint density at radius 2 is 1.86 bits per heavy atom. The Balaban J connectivity index is 0.000000175. The van der Waals surface area contributed by atoms with E-state index < -0.39 is 11.2 Å². The molecule has 5 fully saturated rings. The molecule has 3 aromatic rings. The van der Waals surface area contributed by atoms with Gasteiger partial charge in [-0.2, -0.15) is 0 Å². The molecule has 2 aliphatic heterocycles. The quantitative estimate of drug-likeness (QED) is 0.168. The van der Waals surface area contributed by atoms with Gasteiger partial charge in [0.05, 0.1) is 11.1 Å². The second kappa shape index (κ2) is 14.6. The average molecular weight is 788 g/mol. The van der Waals surface area contributed by atoms with Gasteiger partial charge in [0.1, 0.15) is 11.7 Å². The van der Waals surface area contributed by atoms with Gasteiger partial charge in [-0.25, -0.2) is 0 Å². The maximum atomic E-state index is 12.2. The lowest BCUT2D eigenvalue weighted by molar-refractivity contribution is -0.312. The van der Waals surface area contributed by atoms with Gasteiger partial charge in [0, 0.05) is 70.3 Å². The highest BCUT2D eigenvalue weighted by Gasteiger charge is 2.82. The molecule has 4 bridgehead atoms. The van der Waals surface area contributed by atoms with Crippen molar-refractivity contribution in [1.29, 1.82) is 0 Å². The maximum absolute atomic E-state index is 12.2. The van der Waals surface area contributed by atoms with E-state index in [-0.39, 0.29) is 34.0 Å². The number of pyridine rings is 1. The van der Waals surface area contributed by atoms with E-state index in [2.05, 4.69) is 67.7 Å². The van der Waals surface area contributed by atoms with Crippen LogP contribution in [-0.2, 0) is 16.6 Å². The molecule has 2 aromatic carbocycles. The fourth-order valence-electron chi connectivity index (χ4n) is 12.3. The Morgan fingerprint density at radius 3 is 2.55 bits per heavy atom. The third-order valence-electron chi connectivity index (χ3n) is 16.0. The molecule has 306 valence electrons. The molecule has 1 unspecified atom stereocenters. The standard InChI is InChI=1S/C29H41NO4.C18H26ClN3/c1-25(2,3)26(4,32)20-15-27-10-11-29(20,33-5)24-28(27)12-13-30(16-17-6-7-17)21(27)14-18-8-9-19(31)23(34-24)22(18)28;1-4-22(5-2)12-6-7-14(3)21-17-10-11-20-18-13-15(19)8-9-16(17)18/h8-9,17,20-21,24,31-32H,6-7,10-16H2,1-5H3;8-11,13-14H,4-7,12H2,1-3H3,(H,20,21)/t20-,21-,24-,26+,27-,28+,29+;/m1./s1. The van der Waals surface area contributed by atoms with Gasteiger partial charge in [-0.05, 0) is 145 Å². The van der Waals surface area contributed by atoms with Gasteiger partial charge in [-0.15, -0.1) is 0 Å². The van der Waals surface area contributed by atoms with Crippen LogP contribution in [0.25, 0.3) is 10.9 Å². The number of ether oxygens (including phenoxy) is 2. The molecule has 1 saturated heterocycles. The summed E-state index contributed by atoms with van der Waals surface area (Å²) in [6.07, 6.45) is 11.8.